The Morgan fingerprint density at radius 3 is 2.44 bits per heavy atom. The van der Waals surface area contributed by atoms with E-state index >= 15 is 0 Å². The summed E-state index contributed by atoms with van der Waals surface area (Å²) in [5, 5.41) is 12.9. The van der Waals surface area contributed by atoms with Gasteiger partial charge in [-0.25, -0.2) is 4.79 Å². The molecule has 1 heterocycles. The van der Waals surface area contributed by atoms with E-state index in [1.807, 2.05) is 0 Å². The van der Waals surface area contributed by atoms with E-state index in [2.05, 4.69) is 10.6 Å². The summed E-state index contributed by atoms with van der Waals surface area (Å²) < 4.78 is 10.0. The van der Waals surface area contributed by atoms with Crippen molar-refractivity contribution in [2.24, 2.45) is 0 Å². The van der Waals surface area contributed by atoms with Crippen LogP contribution in [-0.2, 0) is 9.59 Å². The lowest BCUT2D eigenvalue weighted by Gasteiger charge is -2.09. The summed E-state index contributed by atoms with van der Waals surface area (Å²) in [6.07, 6.45) is 1.31. The van der Waals surface area contributed by atoms with Crippen molar-refractivity contribution >= 4 is 23.8 Å². The van der Waals surface area contributed by atoms with Crippen molar-refractivity contribution in [1.82, 2.24) is 10.6 Å². The minimum absolute atomic E-state index is 0.00709. The molecule has 0 spiro atoms. The zero-order valence-electron chi connectivity index (χ0n) is 12.9. The molecule has 1 aromatic heterocycles. The standard InChI is InChI=1S/C16H14N2O7/c19-13(17-9-14(20)21)8-18-15(22)10-4-1-2-5-11(10)25-16(23)12-6-3-7-24-12/h1-7H,8-9H2,(H,17,19)(H,18,22)(H,20,21). The number of nitrogens with one attached hydrogen (secondary N) is 2. The van der Waals surface area contributed by atoms with Gasteiger partial charge in [-0.3, -0.25) is 14.4 Å². The molecule has 0 aliphatic carbocycles. The molecular formula is C16H14N2O7. The Balaban J connectivity index is 1.99. The second kappa shape index (κ2) is 8.29. The third-order valence-corrected chi connectivity index (χ3v) is 2.90. The SMILES string of the molecule is O=C(O)CNC(=O)CNC(=O)c1ccccc1OC(=O)c1ccco1. The van der Waals surface area contributed by atoms with Crippen LogP contribution in [0.5, 0.6) is 5.75 Å². The van der Waals surface area contributed by atoms with Gasteiger partial charge in [-0.1, -0.05) is 12.1 Å². The molecule has 2 aromatic rings. The van der Waals surface area contributed by atoms with Crippen LogP contribution in [0, 0.1) is 0 Å². The summed E-state index contributed by atoms with van der Waals surface area (Å²) in [5.41, 5.74) is 0.0356. The molecule has 2 rings (SSSR count). The highest BCUT2D eigenvalue weighted by Crippen LogP contribution is 2.19. The number of rotatable bonds is 7. The number of amides is 2. The zero-order valence-corrected chi connectivity index (χ0v) is 12.9. The van der Waals surface area contributed by atoms with Crippen molar-refractivity contribution in [3.05, 3.63) is 54.0 Å². The maximum atomic E-state index is 12.2. The Morgan fingerprint density at radius 2 is 1.76 bits per heavy atom. The number of esters is 1. The van der Waals surface area contributed by atoms with Crippen LogP contribution in [0.3, 0.4) is 0 Å². The van der Waals surface area contributed by atoms with Gasteiger partial charge >= 0.3 is 11.9 Å². The summed E-state index contributed by atoms with van der Waals surface area (Å²) in [6, 6.07) is 8.89. The second-order valence-corrected chi connectivity index (χ2v) is 4.72. The monoisotopic (exact) mass is 346 g/mol. The van der Waals surface area contributed by atoms with E-state index in [4.69, 9.17) is 14.3 Å². The number of carbonyl (C=O) groups excluding carboxylic acids is 3. The first-order chi connectivity index (χ1) is 12.0. The molecular weight excluding hydrogens is 332 g/mol. The van der Waals surface area contributed by atoms with Crippen LogP contribution in [0.25, 0.3) is 0 Å². The molecule has 0 fully saturated rings. The maximum absolute atomic E-state index is 12.2. The van der Waals surface area contributed by atoms with Crippen molar-refractivity contribution in [1.29, 1.82) is 0 Å². The highest BCUT2D eigenvalue weighted by Gasteiger charge is 2.18. The number of para-hydroxylation sites is 1. The van der Waals surface area contributed by atoms with E-state index in [0.717, 1.165) is 0 Å². The van der Waals surface area contributed by atoms with Crippen LogP contribution in [0.4, 0.5) is 0 Å². The smallest absolute Gasteiger partial charge is 0.379 e. The minimum Gasteiger partial charge on any atom is -0.480 e. The van der Waals surface area contributed by atoms with Crippen LogP contribution < -0.4 is 15.4 Å². The number of carboxylic acid groups (broad SMARTS) is 1. The van der Waals surface area contributed by atoms with Gasteiger partial charge in [0.25, 0.3) is 5.91 Å². The average molecular weight is 346 g/mol. The van der Waals surface area contributed by atoms with Gasteiger partial charge in [0.1, 0.15) is 12.3 Å². The van der Waals surface area contributed by atoms with Crippen LogP contribution >= 0.6 is 0 Å². The Hall–Kier alpha value is -3.62. The summed E-state index contributed by atoms with van der Waals surface area (Å²) in [6.45, 7) is -0.974. The Morgan fingerprint density at radius 1 is 1.00 bits per heavy atom. The molecule has 0 unspecified atom stereocenters. The molecule has 0 saturated heterocycles. The van der Waals surface area contributed by atoms with Gasteiger partial charge in [-0.2, -0.15) is 0 Å². The third kappa shape index (κ3) is 5.20. The molecule has 9 nitrogen and oxygen atoms in total. The minimum atomic E-state index is -1.20. The van der Waals surface area contributed by atoms with Gasteiger partial charge in [0.15, 0.2) is 0 Å². The summed E-state index contributed by atoms with van der Waals surface area (Å²) in [4.78, 5) is 45.8. The lowest BCUT2D eigenvalue weighted by atomic mass is 10.2. The first kappa shape index (κ1) is 17.7. The van der Waals surface area contributed by atoms with E-state index in [-0.39, 0.29) is 17.1 Å². The quantitative estimate of drug-likeness (QED) is 0.489. The van der Waals surface area contributed by atoms with E-state index in [1.165, 1.54) is 30.5 Å². The lowest BCUT2D eigenvalue weighted by Crippen LogP contribution is -2.39. The zero-order chi connectivity index (χ0) is 18.2. The highest BCUT2D eigenvalue weighted by molar-refractivity contribution is 6.00. The van der Waals surface area contributed by atoms with Gasteiger partial charge in [0.2, 0.25) is 11.7 Å². The normalized spacial score (nSPS) is 9.92. The predicted octanol–water partition coefficient (Wildman–Crippen LogP) is 0.429. The molecule has 0 aliphatic heterocycles. The molecule has 0 atom stereocenters. The molecule has 3 N–H and O–H groups in total. The Bertz CT molecular complexity index is 784. The van der Waals surface area contributed by atoms with Crippen molar-refractivity contribution in [3.63, 3.8) is 0 Å². The second-order valence-electron chi connectivity index (χ2n) is 4.72. The van der Waals surface area contributed by atoms with E-state index in [9.17, 15) is 19.2 Å². The third-order valence-electron chi connectivity index (χ3n) is 2.90. The fourth-order valence-corrected chi connectivity index (χ4v) is 1.78. The van der Waals surface area contributed by atoms with E-state index in [1.54, 1.807) is 12.1 Å². The van der Waals surface area contributed by atoms with Crippen molar-refractivity contribution in [3.8, 4) is 5.75 Å². The summed E-state index contributed by atoms with van der Waals surface area (Å²) >= 11 is 0. The molecule has 0 radical (unpaired) electrons. The molecule has 0 bridgehead atoms. The molecule has 2 amide bonds. The molecule has 9 heteroatoms. The van der Waals surface area contributed by atoms with Crippen LogP contribution in [0.2, 0.25) is 0 Å². The van der Waals surface area contributed by atoms with Crippen molar-refractivity contribution in [2.75, 3.05) is 13.1 Å². The van der Waals surface area contributed by atoms with Gasteiger partial charge in [0.05, 0.1) is 18.4 Å². The number of hydrogen-bond acceptors (Lipinski definition) is 6. The summed E-state index contributed by atoms with van der Waals surface area (Å²) in [5.74, 6) is -3.33. The Kier molecular flexibility index (Phi) is 5.88. The Labute approximate surface area is 141 Å². The van der Waals surface area contributed by atoms with Gasteiger partial charge in [0, 0.05) is 0 Å². The van der Waals surface area contributed by atoms with Crippen LogP contribution in [0.15, 0.2) is 47.1 Å². The fourth-order valence-electron chi connectivity index (χ4n) is 1.78. The van der Waals surface area contributed by atoms with Crippen LogP contribution in [-0.4, -0.2) is 41.9 Å². The molecule has 0 saturated carbocycles. The first-order valence-electron chi connectivity index (χ1n) is 7.09. The highest BCUT2D eigenvalue weighted by atomic mass is 16.5. The number of aliphatic carboxylic acids is 1. The molecule has 25 heavy (non-hydrogen) atoms. The fraction of sp³-hybridized carbons (Fsp3) is 0.125. The van der Waals surface area contributed by atoms with E-state index < -0.39 is 36.8 Å². The topological polar surface area (TPSA) is 135 Å². The number of carbonyl (C=O) groups is 4. The summed E-state index contributed by atoms with van der Waals surface area (Å²) in [7, 11) is 0. The van der Waals surface area contributed by atoms with Crippen molar-refractivity contribution < 1.29 is 33.4 Å². The largest absolute Gasteiger partial charge is 0.480 e. The van der Waals surface area contributed by atoms with Gasteiger partial charge in [-0.05, 0) is 24.3 Å². The van der Waals surface area contributed by atoms with Crippen LogP contribution in [0.1, 0.15) is 20.9 Å². The predicted molar refractivity (Wildman–Crippen MR) is 83.1 cm³/mol. The molecule has 1 aromatic carbocycles. The number of benzene rings is 1. The number of furan rings is 1. The number of hydrogen-bond donors (Lipinski definition) is 3. The van der Waals surface area contributed by atoms with Gasteiger partial charge < -0.3 is 24.9 Å². The number of carboxylic acids is 1. The molecule has 130 valence electrons. The maximum Gasteiger partial charge on any atom is 0.379 e. The van der Waals surface area contributed by atoms with Gasteiger partial charge in [-0.15, -0.1) is 0 Å². The molecule has 0 aliphatic rings. The van der Waals surface area contributed by atoms with Crippen molar-refractivity contribution in [2.45, 2.75) is 0 Å². The first-order valence-corrected chi connectivity index (χ1v) is 7.09. The lowest BCUT2D eigenvalue weighted by molar-refractivity contribution is -0.137. The number of ether oxygens (including phenoxy) is 1. The average Bonchev–Trinajstić information content (AvgIpc) is 3.13. The van der Waals surface area contributed by atoms with E-state index in [0.29, 0.717) is 0 Å².